The fourth-order valence-corrected chi connectivity index (χ4v) is 3.35. The fraction of sp³-hybridized carbons (Fsp3) is 0.529. The van der Waals surface area contributed by atoms with Gasteiger partial charge >= 0.3 is 5.97 Å². The number of carbonyl (C=O) groups excluding carboxylic acids is 1. The van der Waals surface area contributed by atoms with Crippen LogP contribution in [-0.2, 0) is 9.53 Å². The van der Waals surface area contributed by atoms with Gasteiger partial charge in [-0.2, -0.15) is 0 Å². The quantitative estimate of drug-likeness (QED) is 0.269. The molecule has 0 aliphatic heterocycles. The highest BCUT2D eigenvalue weighted by atomic mass is 127. The highest BCUT2D eigenvalue weighted by Crippen LogP contribution is 2.51. The molecule has 0 aromatic heterocycles. The number of hydrogen-bond acceptors (Lipinski definition) is 4. The van der Waals surface area contributed by atoms with Crippen LogP contribution in [-0.4, -0.2) is 43.4 Å². The molecule has 0 radical (unpaired) electrons. The molecule has 1 aliphatic carbocycles. The summed E-state index contributed by atoms with van der Waals surface area (Å²) in [6.45, 7) is 4.13. The van der Waals surface area contributed by atoms with Gasteiger partial charge in [-0.3, -0.25) is 9.79 Å². The lowest BCUT2D eigenvalue weighted by Crippen LogP contribution is -2.39. The summed E-state index contributed by atoms with van der Waals surface area (Å²) in [5.41, 5.74) is 0. The average Bonchev–Trinajstić information content (AvgIpc) is 3.33. The molecular formula is C17H26IN3O2S. The average molecular weight is 463 g/mol. The van der Waals surface area contributed by atoms with E-state index in [-0.39, 0.29) is 34.7 Å². The molecule has 0 atom stereocenters. The van der Waals surface area contributed by atoms with E-state index in [0.717, 1.165) is 19.0 Å². The van der Waals surface area contributed by atoms with Crippen LogP contribution in [0.2, 0.25) is 0 Å². The molecule has 0 saturated heterocycles. The van der Waals surface area contributed by atoms with Crippen molar-refractivity contribution < 1.29 is 9.53 Å². The molecule has 1 saturated carbocycles. The number of rotatable bonds is 8. The number of esters is 1. The molecule has 134 valence electrons. The maximum absolute atomic E-state index is 11.2. The van der Waals surface area contributed by atoms with Crippen LogP contribution < -0.4 is 10.6 Å². The van der Waals surface area contributed by atoms with Crippen molar-refractivity contribution in [3.63, 3.8) is 0 Å². The molecule has 2 rings (SSSR count). The zero-order valence-corrected chi connectivity index (χ0v) is 17.4. The summed E-state index contributed by atoms with van der Waals surface area (Å²) in [6.07, 6.45) is 2.72. The van der Waals surface area contributed by atoms with Gasteiger partial charge in [0.1, 0.15) is 0 Å². The molecule has 0 heterocycles. The Hall–Kier alpha value is -0.960. The first-order valence-corrected chi connectivity index (χ1v) is 8.82. The summed E-state index contributed by atoms with van der Waals surface area (Å²) in [5, 5.41) is 6.40. The van der Waals surface area contributed by atoms with E-state index in [4.69, 9.17) is 0 Å². The van der Waals surface area contributed by atoms with Gasteiger partial charge in [0.15, 0.2) is 5.96 Å². The Kier molecular flexibility index (Phi) is 9.50. The lowest BCUT2D eigenvalue weighted by Gasteiger charge is -2.15. The minimum atomic E-state index is -0.216. The number of ether oxygens (including phenoxy) is 1. The molecular weight excluding hydrogens is 437 g/mol. The summed E-state index contributed by atoms with van der Waals surface area (Å²) in [6, 6.07) is 10.5. The number of halogens is 1. The number of nitrogens with one attached hydrogen (secondary N) is 2. The summed E-state index contributed by atoms with van der Waals surface area (Å²) in [7, 11) is 1.40. The Bertz CT molecular complexity index is 536. The normalized spacial score (nSPS) is 15.2. The zero-order chi connectivity index (χ0) is 16.5. The third kappa shape index (κ3) is 7.29. The van der Waals surface area contributed by atoms with E-state index >= 15 is 0 Å². The number of guanidine groups is 1. The Morgan fingerprint density at radius 1 is 1.29 bits per heavy atom. The maximum atomic E-state index is 11.2. The summed E-state index contributed by atoms with van der Waals surface area (Å²) in [4.78, 5) is 17.1. The lowest BCUT2D eigenvalue weighted by molar-refractivity contribution is -0.140. The van der Waals surface area contributed by atoms with Crippen molar-refractivity contribution in [2.24, 2.45) is 4.99 Å². The predicted molar refractivity (Wildman–Crippen MR) is 110 cm³/mol. The van der Waals surface area contributed by atoms with Crippen molar-refractivity contribution in [1.82, 2.24) is 10.6 Å². The Morgan fingerprint density at radius 3 is 2.58 bits per heavy atom. The molecule has 7 heteroatoms. The van der Waals surface area contributed by atoms with Gasteiger partial charge in [0.05, 0.1) is 20.1 Å². The smallest absolute Gasteiger partial charge is 0.307 e. The Balaban J connectivity index is 0.00000288. The van der Waals surface area contributed by atoms with Gasteiger partial charge in [0, 0.05) is 22.7 Å². The van der Waals surface area contributed by atoms with Crippen LogP contribution in [0, 0.1) is 0 Å². The van der Waals surface area contributed by atoms with E-state index < -0.39 is 0 Å². The first-order chi connectivity index (χ1) is 11.2. The number of benzene rings is 1. The van der Waals surface area contributed by atoms with Crippen LogP contribution in [0.4, 0.5) is 0 Å². The first-order valence-electron chi connectivity index (χ1n) is 8.00. The van der Waals surface area contributed by atoms with Gasteiger partial charge in [-0.15, -0.1) is 35.7 Å². The number of aliphatic imine (C=N–C) groups is 1. The standard InChI is InChI=1S/C17H25N3O2S.HI/c1-3-18-16(19-12-9-15(21)22-2)20-13-17(10-11-17)23-14-7-5-4-6-8-14;/h4-8H,3,9-13H2,1-2H3,(H2,18,19,20);1H. The van der Waals surface area contributed by atoms with Crippen molar-refractivity contribution in [1.29, 1.82) is 0 Å². The van der Waals surface area contributed by atoms with Gasteiger partial charge in [-0.05, 0) is 31.9 Å². The molecule has 1 aromatic carbocycles. The molecule has 0 spiro atoms. The first kappa shape index (κ1) is 21.1. The van der Waals surface area contributed by atoms with Crippen LogP contribution in [0.3, 0.4) is 0 Å². The Morgan fingerprint density at radius 2 is 2.00 bits per heavy atom. The van der Waals surface area contributed by atoms with Crippen LogP contribution in [0.5, 0.6) is 0 Å². The molecule has 0 unspecified atom stereocenters. The van der Waals surface area contributed by atoms with Crippen LogP contribution in [0.15, 0.2) is 40.2 Å². The number of hydrogen-bond donors (Lipinski definition) is 2. The van der Waals surface area contributed by atoms with Crippen molar-refractivity contribution in [3.8, 4) is 0 Å². The molecule has 1 aliphatic rings. The van der Waals surface area contributed by atoms with Crippen molar-refractivity contribution in [3.05, 3.63) is 30.3 Å². The summed E-state index contributed by atoms with van der Waals surface area (Å²) >= 11 is 1.91. The second-order valence-electron chi connectivity index (χ2n) is 5.55. The zero-order valence-electron chi connectivity index (χ0n) is 14.2. The molecule has 0 amide bonds. The van der Waals surface area contributed by atoms with Crippen molar-refractivity contribution in [2.45, 2.75) is 35.8 Å². The summed E-state index contributed by atoms with van der Waals surface area (Å²) < 4.78 is 4.87. The van der Waals surface area contributed by atoms with E-state index in [9.17, 15) is 4.79 Å². The van der Waals surface area contributed by atoms with Gasteiger partial charge in [-0.1, -0.05) is 18.2 Å². The topological polar surface area (TPSA) is 62.7 Å². The number of nitrogens with zero attached hydrogens (tertiary/aromatic N) is 1. The third-order valence-electron chi connectivity index (χ3n) is 3.60. The minimum Gasteiger partial charge on any atom is -0.469 e. The number of thioether (sulfide) groups is 1. The minimum absolute atomic E-state index is 0. The van der Waals surface area contributed by atoms with E-state index in [1.165, 1.54) is 24.8 Å². The second-order valence-corrected chi connectivity index (χ2v) is 7.09. The molecule has 5 nitrogen and oxygen atoms in total. The van der Waals surface area contributed by atoms with Gasteiger partial charge in [0.2, 0.25) is 0 Å². The van der Waals surface area contributed by atoms with E-state index in [2.05, 4.69) is 44.6 Å². The third-order valence-corrected chi connectivity index (χ3v) is 5.08. The fourth-order valence-electron chi connectivity index (χ4n) is 2.12. The predicted octanol–water partition coefficient (Wildman–Crippen LogP) is 3.05. The van der Waals surface area contributed by atoms with Crippen LogP contribution in [0.25, 0.3) is 0 Å². The molecule has 1 aromatic rings. The van der Waals surface area contributed by atoms with Crippen molar-refractivity contribution in [2.75, 3.05) is 26.7 Å². The van der Waals surface area contributed by atoms with E-state index in [0.29, 0.717) is 13.0 Å². The van der Waals surface area contributed by atoms with Crippen LogP contribution >= 0.6 is 35.7 Å². The van der Waals surface area contributed by atoms with E-state index in [1.807, 2.05) is 24.8 Å². The maximum Gasteiger partial charge on any atom is 0.307 e. The second kappa shape index (κ2) is 10.8. The monoisotopic (exact) mass is 463 g/mol. The largest absolute Gasteiger partial charge is 0.469 e. The SMILES string of the molecule is CCNC(=NCC1(Sc2ccccc2)CC1)NCCC(=O)OC.I. The van der Waals surface area contributed by atoms with Gasteiger partial charge in [0.25, 0.3) is 0 Å². The number of carbonyl (C=O) groups is 1. The molecule has 1 fully saturated rings. The van der Waals surface area contributed by atoms with Gasteiger partial charge in [-0.25, -0.2) is 0 Å². The van der Waals surface area contributed by atoms with Crippen molar-refractivity contribution >= 4 is 47.7 Å². The molecule has 0 bridgehead atoms. The highest BCUT2D eigenvalue weighted by molar-refractivity contribution is 14.0. The molecule has 24 heavy (non-hydrogen) atoms. The van der Waals surface area contributed by atoms with Gasteiger partial charge < -0.3 is 15.4 Å². The lowest BCUT2D eigenvalue weighted by atomic mass is 10.4. The van der Waals surface area contributed by atoms with E-state index in [1.54, 1.807) is 0 Å². The number of methoxy groups -OCH3 is 1. The molecule has 2 N–H and O–H groups in total. The highest BCUT2D eigenvalue weighted by Gasteiger charge is 2.43. The Labute approximate surface area is 165 Å². The van der Waals surface area contributed by atoms with Crippen LogP contribution in [0.1, 0.15) is 26.2 Å². The summed E-state index contributed by atoms with van der Waals surface area (Å²) in [5.74, 6) is 0.544.